The molecule has 0 saturated carbocycles. The van der Waals surface area contributed by atoms with Crippen molar-refractivity contribution in [2.24, 2.45) is 11.0 Å². The van der Waals surface area contributed by atoms with Crippen LogP contribution in [-0.4, -0.2) is 32.8 Å². The van der Waals surface area contributed by atoms with Gasteiger partial charge in [0.1, 0.15) is 12.4 Å². The van der Waals surface area contributed by atoms with E-state index in [1.54, 1.807) is 19.1 Å². The molecule has 0 bridgehead atoms. The monoisotopic (exact) mass is 582 g/mol. The van der Waals surface area contributed by atoms with Crippen LogP contribution in [0.5, 0.6) is 0 Å². The van der Waals surface area contributed by atoms with Crippen LogP contribution in [0.1, 0.15) is 42.0 Å². The molecule has 1 aliphatic carbocycles. The van der Waals surface area contributed by atoms with Gasteiger partial charge in [-0.05, 0) is 71.7 Å². The highest BCUT2D eigenvalue weighted by Gasteiger charge is 2.38. The summed E-state index contributed by atoms with van der Waals surface area (Å²) in [4.78, 5) is 13.0. The van der Waals surface area contributed by atoms with Crippen LogP contribution in [0, 0.1) is 11.7 Å². The van der Waals surface area contributed by atoms with Gasteiger partial charge in [0.25, 0.3) is 5.91 Å². The standard InChI is InChI=1S/C33H31FN4O3S/c1-21(36-37-32(39)20-38(42(2,40)41)31-12-5-8-22-7-3-4-9-26(22)31)24-15-18-30-29(19-24)27-10-6-11-28(27)33(35-30)23-13-16-25(34)17-14-23/h3-10,12-19,27-28,33,35H,11,20H2,1-2H3,(H,37,39)/b36-21+/t27-,28+,33+/m1/s1. The molecular formula is C33H31FN4O3S. The van der Waals surface area contributed by atoms with Crippen molar-refractivity contribution in [1.29, 1.82) is 0 Å². The van der Waals surface area contributed by atoms with E-state index in [0.29, 0.717) is 17.3 Å². The van der Waals surface area contributed by atoms with Gasteiger partial charge in [-0.15, -0.1) is 0 Å². The van der Waals surface area contributed by atoms with Crippen LogP contribution in [0.3, 0.4) is 0 Å². The summed E-state index contributed by atoms with van der Waals surface area (Å²) in [6, 6.07) is 25.6. The van der Waals surface area contributed by atoms with E-state index >= 15 is 0 Å². The second kappa shape index (κ2) is 11.1. The minimum atomic E-state index is -3.75. The van der Waals surface area contributed by atoms with Gasteiger partial charge in [-0.2, -0.15) is 5.10 Å². The molecule has 1 aliphatic heterocycles. The Hall–Kier alpha value is -4.50. The lowest BCUT2D eigenvalue weighted by atomic mass is 9.76. The zero-order chi connectivity index (χ0) is 29.4. The molecular weight excluding hydrogens is 551 g/mol. The highest BCUT2D eigenvalue weighted by atomic mass is 32.2. The maximum absolute atomic E-state index is 13.5. The molecule has 214 valence electrons. The first-order chi connectivity index (χ1) is 20.2. The summed E-state index contributed by atoms with van der Waals surface area (Å²) < 4.78 is 40.1. The number of hydrazone groups is 1. The smallest absolute Gasteiger partial charge is 0.260 e. The molecule has 0 aromatic heterocycles. The third-order valence-corrected chi connectivity index (χ3v) is 9.21. The molecule has 0 fully saturated rings. The number of benzene rings is 4. The first-order valence-electron chi connectivity index (χ1n) is 13.8. The maximum atomic E-state index is 13.5. The third kappa shape index (κ3) is 5.39. The number of carbonyl (C=O) groups is 1. The number of sulfonamides is 1. The Morgan fingerprint density at radius 3 is 2.60 bits per heavy atom. The van der Waals surface area contributed by atoms with Crippen LogP contribution < -0.4 is 15.0 Å². The highest BCUT2D eigenvalue weighted by Crippen LogP contribution is 2.50. The van der Waals surface area contributed by atoms with E-state index in [9.17, 15) is 17.6 Å². The molecule has 2 aliphatic rings. The van der Waals surface area contributed by atoms with E-state index in [1.165, 1.54) is 12.1 Å². The van der Waals surface area contributed by atoms with E-state index in [1.807, 2.05) is 54.6 Å². The number of nitrogens with one attached hydrogen (secondary N) is 2. The first kappa shape index (κ1) is 27.7. The SMILES string of the molecule is C/C(=N\NC(=O)CN(c1cccc2ccccc12)S(C)(=O)=O)c1ccc2c(c1)[C@@H]1C=CC[C@@H]1[C@H](c1ccc(F)cc1)N2. The fraction of sp³-hybridized carbons (Fsp3) is 0.212. The molecule has 0 saturated heterocycles. The summed E-state index contributed by atoms with van der Waals surface area (Å²) in [7, 11) is -3.75. The normalized spacial score (nSPS) is 19.6. The number of nitrogens with zero attached hydrogens (tertiary/aromatic N) is 2. The summed E-state index contributed by atoms with van der Waals surface area (Å²) in [5.74, 6) is -0.303. The van der Waals surface area contributed by atoms with E-state index in [2.05, 4.69) is 34.1 Å². The van der Waals surface area contributed by atoms with Crippen LogP contribution in [0.4, 0.5) is 15.8 Å². The van der Waals surface area contributed by atoms with Gasteiger partial charge < -0.3 is 5.32 Å². The summed E-state index contributed by atoms with van der Waals surface area (Å²) in [6.45, 7) is 1.40. The summed E-state index contributed by atoms with van der Waals surface area (Å²) >= 11 is 0. The Morgan fingerprint density at radius 1 is 1.05 bits per heavy atom. The van der Waals surface area contributed by atoms with Crippen LogP contribution in [0.15, 0.2) is 102 Å². The fourth-order valence-corrected chi connectivity index (χ4v) is 6.87. The van der Waals surface area contributed by atoms with Crippen molar-refractivity contribution in [1.82, 2.24) is 5.43 Å². The zero-order valence-electron chi connectivity index (χ0n) is 23.3. The molecule has 1 heterocycles. The number of halogens is 1. The van der Waals surface area contributed by atoms with Crippen LogP contribution >= 0.6 is 0 Å². The number of anilines is 2. The lowest BCUT2D eigenvalue weighted by Crippen LogP contribution is -2.39. The van der Waals surface area contributed by atoms with Crippen LogP contribution in [-0.2, 0) is 14.8 Å². The van der Waals surface area contributed by atoms with Crippen molar-refractivity contribution in [2.45, 2.75) is 25.3 Å². The number of carbonyl (C=O) groups excluding carboxylic acids is 1. The minimum Gasteiger partial charge on any atom is -0.378 e. The van der Waals surface area contributed by atoms with Crippen molar-refractivity contribution < 1.29 is 17.6 Å². The van der Waals surface area contributed by atoms with E-state index < -0.39 is 22.5 Å². The predicted octanol–water partition coefficient (Wildman–Crippen LogP) is 6.11. The summed E-state index contributed by atoms with van der Waals surface area (Å²) in [5.41, 5.74) is 7.64. The molecule has 7 nitrogen and oxygen atoms in total. The van der Waals surface area contributed by atoms with Gasteiger partial charge in [0.05, 0.1) is 23.7 Å². The fourth-order valence-electron chi connectivity index (χ4n) is 6.00. The average molecular weight is 583 g/mol. The molecule has 2 N–H and O–H groups in total. The maximum Gasteiger partial charge on any atom is 0.260 e. The molecule has 42 heavy (non-hydrogen) atoms. The Bertz CT molecular complexity index is 1830. The highest BCUT2D eigenvalue weighted by molar-refractivity contribution is 7.92. The van der Waals surface area contributed by atoms with Crippen molar-refractivity contribution in [3.63, 3.8) is 0 Å². The van der Waals surface area contributed by atoms with Gasteiger partial charge in [0.2, 0.25) is 10.0 Å². The van der Waals surface area contributed by atoms with E-state index in [-0.39, 0.29) is 17.8 Å². The number of allylic oxidation sites excluding steroid dienone is 2. The lowest BCUT2D eigenvalue weighted by Gasteiger charge is -2.37. The topological polar surface area (TPSA) is 90.9 Å². The largest absolute Gasteiger partial charge is 0.378 e. The van der Waals surface area contributed by atoms with Crippen LogP contribution in [0.2, 0.25) is 0 Å². The second-order valence-corrected chi connectivity index (χ2v) is 12.7. The number of hydrogen-bond acceptors (Lipinski definition) is 5. The van der Waals surface area contributed by atoms with Crippen molar-refractivity contribution >= 4 is 43.8 Å². The second-order valence-electron chi connectivity index (χ2n) is 10.8. The van der Waals surface area contributed by atoms with Gasteiger partial charge in [0.15, 0.2) is 0 Å². The van der Waals surface area contributed by atoms with Gasteiger partial charge >= 0.3 is 0 Å². The van der Waals surface area contributed by atoms with E-state index in [4.69, 9.17) is 0 Å². The van der Waals surface area contributed by atoms with Gasteiger partial charge in [-0.1, -0.05) is 66.7 Å². The first-order valence-corrected chi connectivity index (χ1v) is 15.7. The third-order valence-electron chi connectivity index (χ3n) is 8.08. The molecule has 0 unspecified atom stereocenters. The molecule has 4 aromatic rings. The molecule has 1 amide bonds. The Labute approximate surface area is 244 Å². The van der Waals surface area contributed by atoms with E-state index in [0.717, 1.165) is 50.1 Å². The van der Waals surface area contributed by atoms with Crippen LogP contribution in [0.25, 0.3) is 10.8 Å². The van der Waals surface area contributed by atoms with Gasteiger partial charge in [-0.3, -0.25) is 9.10 Å². The molecule has 6 rings (SSSR count). The quantitative estimate of drug-likeness (QED) is 0.156. The Morgan fingerprint density at radius 2 is 1.81 bits per heavy atom. The van der Waals surface area contributed by atoms with Gasteiger partial charge in [0, 0.05) is 17.0 Å². The average Bonchev–Trinajstić information content (AvgIpc) is 3.48. The molecule has 0 radical (unpaired) electrons. The zero-order valence-corrected chi connectivity index (χ0v) is 24.1. The Balaban J connectivity index is 1.21. The predicted molar refractivity (Wildman–Crippen MR) is 166 cm³/mol. The molecule has 4 aromatic carbocycles. The summed E-state index contributed by atoms with van der Waals surface area (Å²) in [6.07, 6.45) is 6.43. The number of fused-ring (bicyclic) bond motifs is 4. The molecule has 0 spiro atoms. The number of amides is 1. The lowest BCUT2D eigenvalue weighted by molar-refractivity contribution is -0.119. The molecule has 3 atom stereocenters. The van der Waals surface area contributed by atoms with Crippen molar-refractivity contribution in [2.75, 3.05) is 22.4 Å². The number of hydrogen-bond donors (Lipinski definition) is 2. The minimum absolute atomic E-state index is 0.0672. The summed E-state index contributed by atoms with van der Waals surface area (Å²) in [5, 5.41) is 9.58. The number of rotatable bonds is 7. The van der Waals surface area contributed by atoms with Gasteiger partial charge in [-0.25, -0.2) is 18.2 Å². The van der Waals surface area contributed by atoms with Crippen molar-refractivity contribution in [3.8, 4) is 0 Å². The Kier molecular flexibility index (Phi) is 7.28. The van der Waals surface area contributed by atoms with Crippen molar-refractivity contribution in [3.05, 3.63) is 120 Å². The molecule has 9 heteroatoms.